The van der Waals surface area contributed by atoms with E-state index in [2.05, 4.69) is 13.8 Å². The summed E-state index contributed by atoms with van der Waals surface area (Å²) in [5, 5.41) is 12.1. The van der Waals surface area contributed by atoms with Gasteiger partial charge >= 0.3 is 0 Å². The molecule has 0 aliphatic heterocycles. The molecule has 1 heterocycles. The van der Waals surface area contributed by atoms with Gasteiger partial charge in [-0.3, -0.25) is 0 Å². The van der Waals surface area contributed by atoms with E-state index in [9.17, 15) is 5.11 Å². The Hall–Kier alpha value is -0.900. The molecule has 1 N–H and O–H groups in total. The lowest BCUT2D eigenvalue weighted by Crippen LogP contribution is -2.16. The number of thiazole rings is 1. The van der Waals surface area contributed by atoms with Gasteiger partial charge in [-0.1, -0.05) is 37.6 Å². The lowest BCUT2D eigenvalue weighted by atomic mass is 10.0. The number of hydrogen-bond donors (Lipinski definition) is 1. The van der Waals surface area contributed by atoms with Crippen LogP contribution >= 0.6 is 22.9 Å². The molecule has 2 aromatic rings. The normalized spacial score (nSPS) is 12.2. The van der Waals surface area contributed by atoms with Gasteiger partial charge in [-0.15, -0.1) is 11.3 Å². The van der Waals surface area contributed by atoms with E-state index >= 15 is 0 Å². The van der Waals surface area contributed by atoms with E-state index in [0.717, 1.165) is 32.6 Å². The standard InChI is InChI=1S/C16H20ClNOS/c1-10(2)14-15(16(3,4)19)20-13(18-14)9-11-6-5-7-12(17)8-11/h5-8,10,19H,9H2,1-4H3. The molecule has 0 saturated carbocycles. The van der Waals surface area contributed by atoms with Gasteiger partial charge in [-0.2, -0.15) is 0 Å². The fourth-order valence-corrected chi connectivity index (χ4v) is 3.57. The molecule has 0 aliphatic carbocycles. The van der Waals surface area contributed by atoms with Crippen molar-refractivity contribution in [3.8, 4) is 0 Å². The van der Waals surface area contributed by atoms with Gasteiger partial charge < -0.3 is 5.11 Å². The zero-order chi connectivity index (χ0) is 14.9. The van der Waals surface area contributed by atoms with Crippen molar-refractivity contribution in [1.29, 1.82) is 0 Å². The van der Waals surface area contributed by atoms with Gasteiger partial charge in [0.1, 0.15) is 0 Å². The van der Waals surface area contributed by atoms with Gasteiger partial charge in [-0.25, -0.2) is 4.98 Å². The van der Waals surface area contributed by atoms with Crippen molar-refractivity contribution >= 4 is 22.9 Å². The maximum Gasteiger partial charge on any atom is 0.0976 e. The summed E-state index contributed by atoms with van der Waals surface area (Å²) >= 11 is 7.60. The average molecular weight is 310 g/mol. The predicted molar refractivity (Wildman–Crippen MR) is 85.7 cm³/mol. The third-order valence-electron chi connectivity index (χ3n) is 3.04. The molecule has 0 spiro atoms. The van der Waals surface area contributed by atoms with Crippen molar-refractivity contribution in [1.82, 2.24) is 4.98 Å². The van der Waals surface area contributed by atoms with Gasteiger partial charge in [0.05, 0.1) is 21.2 Å². The number of nitrogens with zero attached hydrogens (tertiary/aromatic N) is 1. The van der Waals surface area contributed by atoms with Crippen LogP contribution in [-0.2, 0) is 12.0 Å². The van der Waals surface area contributed by atoms with Crippen LogP contribution in [0.25, 0.3) is 0 Å². The molecule has 20 heavy (non-hydrogen) atoms. The molecule has 0 fully saturated rings. The highest BCUT2D eigenvalue weighted by molar-refractivity contribution is 7.11. The second-order valence-corrected chi connectivity index (χ2v) is 7.36. The van der Waals surface area contributed by atoms with E-state index in [1.54, 1.807) is 11.3 Å². The van der Waals surface area contributed by atoms with E-state index in [4.69, 9.17) is 16.6 Å². The maximum absolute atomic E-state index is 10.3. The second-order valence-electron chi connectivity index (χ2n) is 5.84. The number of rotatable bonds is 4. The predicted octanol–water partition coefficient (Wildman–Crippen LogP) is 4.74. The molecular formula is C16H20ClNOS. The molecule has 0 saturated heterocycles. The summed E-state index contributed by atoms with van der Waals surface area (Å²) in [5.74, 6) is 0.306. The third kappa shape index (κ3) is 3.60. The smallest absolute Gasteiger partial charge is 0.0976 e. The minimum absolute atomic E-state index is 0.306. The van der Waals surface area contributed by atoms with Crippen LogP contribution in [0.4, 0.5) is 0 Å². The van der Waals surface area contributed by atoms with Crippen LogP contribution in [0.15, 0.2) is 24.3 Å². The largest absolute Gasteiger partial charge is 0.385 e. The lowest BCUT2D eigenvalue weighted by Gasteiger charge is -2.17. The number of aromatic nitrogens is 1. The Morgan fingerprint density at radius 3 is 2.55 bits per heavy atom. The quantitative estimate of drug-likeness (QED) is 0.885. The van der Waals surface area contributed by atoms with Crippen LogP contribution < -0.4 is 0 Å². The minimum atomic E-state index is -0.843. The summed E-state index contributed by atoms with van der Waals surface area (Å²) in [4.78, 5) is 5.68. The first-order valence-electron chi connectivity index (χ1n) is 6.74. The Balaban J connectivity index is 2.34. The summed E-state index contributed by atoms with van der Waals surface area (Å²) in [7, 11) is 0. The van der Waals surface area contributed by atoms with Crippen molar-refractivity contribution in [2.75, 3.05) is 0 Å². The topological polar surface area (TPSA) is 33.1 Å². The fraction of sp³-hybridized carbons (Fsp3) is 0.438. The Labute approximate surface area is 129 Å². The molecule has 4 heteroatoms. The SMILES string of the molecule is CC(C)c1nc(Cc2cccc(Cl)c2)sc1C(C)(C)O. The molecule has 2 rings (SSSR count). The summed E-state index contributed by atoms with van der Waals surface area (Å²) in [6.07, 6.45) is 0.751. The van der Waals surface area contributed by atoms with Crippen molar-refractivity contribution in [2.24, 2.45) is 0 Å². The zero-order valence-electron chi connectivity index (χ0n) is 12.3. The highest BCUT2D eigenvalue weighted by Crippen LogP contribution is 2.34. The molecule has 1 aromatic heterocycles. The first-order valence-corrected chi connectivity index (χ1v) is 7.93. The number of halogens is 1. The molecule has 0 amide bonds. The lowest BCUT2D eigenvalue weighted by molar-refractivity contribution is 0.0811. The van der Waals surface area contributed by atoms with Crippen LogP contribution in [0.5, 0.6) is 0 Å². The summed E-state index contributed by atoms with van der Waals surface area (Å²) in [6.45, 7) is 7.84. The molecule has 0 aliphatic rings. The third-order valence-corrected chi connectivity index (χ3v) is 4.66. The number of benzene rings is 1. The van der Waals surface area contributed by atoms with Crippen LogP contribution in [0.1, 0.15) is 54.8 Å². The van der Waals surface area contributed by atoms with E-state index in [0.29, 0.717) is 5.92 Å². The Bertz CT molecular complexity index is 599. The van der Waals surface area contributed by atoms with Crippen LogP contribution in [-0.4, -0.2) is 10.1 Å². The van der Waals surface area contributed by atoms with Crippen LogP contribution in [0.2, 0.25) is 5.02 Å². The molecule has 0 unspecified atom stereocenters. The van der Waals surface area contributed by atoms with Crippen molar-refractivity contribution in [3.05, 3.63) is 50.4 Å². The summed E-state index contributed by atoms with van der Waals surface area (Å²) < 4.78 is 0. The van der Waals surface area contributed by atoms with Gasteiger partial charge in [0, 0.05) is 11.4 Å². The fourth-order valence-electron chi connectivity index (χ4n) is 2.10. The van der Waals surface area contributed by atoms with E-state index < -0.39 is 5.60 Å². The van der Waals surface area contributed by atoms with E-state index in [1.165, 1.54) is 0 Å². The van der Waals surface area contributed by atoms with Gasteiger partial charge in [-0.05, 0) is 37.5 Å². The Morgan fingerprint density at radius 1 is 1.35 bits per heavy atom. The highest BCUT2D eigenvalue weighted by Gasteiger charge is 2.26. The maximum atomic E-state index is 10.3. The second kappa shape index (κ2) is 5.84. The molecule has 0 radical (unpaired) electrons. The molecule has 0 atom stereocenters. The van der Waals surface area contributed by atoms with Crippen molar-refractivity contribution in [3.63, 3.8) is 0 Å². The van der Waals surface area contributed by atoms with E-state index in [-0.39, 0.29) is 0 Å². The zero-order valence-corrected chi connectivity index (χ0v) is 13.8. The molecule has 108 valence electrons. The van der Waals surface area contributed by atoms with Gasteiger partial charge in [0.2, 0.25) is 0 Å². The van der Waals surface area contributed by atoms with Gasteiger partial charge in [0.15, 0.2) is 0 Å². The summed E-state index contributed by atoms with van der Waals surface area (Å²) in [5.41, 5.74) is 1.30. The van der Waals surface area contributed by atoms with Gasteiger partial charge in [0.25, 0.3) is 0 Å². The Kier molecular flexibility index (Phi) is 4.52. The molecule has 0 bridgehead atoms. The monoisotopic (exact) mass is 309 g/mol. The molecule has 1 aromatic carbocycles. The first-order chi connectivity index (χ1) is 9.27. The average Bonchev–Trinajstić information content (AvgIpc) is 2.73. The van der Waals surface area contributed by atoms with Crippen LogP contribution in [0, 0.1) is 0 Å². The minimum Gasteiger partial charge on any atom is -0.385 e. The first kappa shape index (κ1) is 15.5. The van der Waals surface area contributed by atoms with E-state index in [1.807, 2.05) is 38.1 Å². The number of hydrogen-bond acceptors (Lipinski definition) is 3. The number of aliphatic hydroxyl groups is 1. The van der Waals surface area contributed by atoms with Crippen molar-refractivity contribution < 1.29 is 5.11 Å². The van der Waals surface area contributed by atoms with Crippen molar-refractivity contribution in [2.45, 2.75) is 45.6 Å². The Morgan fingerprint density at radius 2 is 2.05 bits per heavy atom. The summed E-state index contributed by atoms with van der Waals surface area (Å²) in [6, 6.07) is 7.83. The highest BCUT2D eigenvalue weighted by atomic mass is 35.5. The van der Waals surface area contributed by atoms with Crippen LogP contribution in [0.3, 0.4) is 0 Å². The molecule has 2 nitrogen and oxygen atoms in total. The molecular weight excluding hydrogens is 290 g/mol.